The maximum absolute atomic E-state index is 13.8. The Morgan fingerprint density at radius 2 is 1.16 bits per heavy atom. The lowest BCUT2D eigenvalue weighted by Gasteiger charge is -2.30. The Morgan fingerprint density at radius 3 is 1.68 bits per heavy atom. The number of aliphatic hydroxyl groups excluding tert-OH is 1. The van der Waals surface area contributed by atoms with Crippen LogP contribution in [0.2, 0.25) is 0 Å². The Bertz CT molecular complexity index is 1830. The van der Waals surface area contributed by atoms with Crippen molar-refractivity contribution in [2.75, 3.05) is 6.54 Å². The van der Waals surface area contributed by atoms with Gasteiger partial charge in [0.25, 0.3) is 0 Å². The van der Waals surface area contributed by atoms with E-state index < -0.39 is 132 Å². The standard InChI is InChI=1S/C39H60N10O13/c1-17(2)29(36(58)44-19(4)31(53)42-18(3)32(54)45-21(6)39(61)62)47-33(55)20(5)43-35(57)27-9-8-14-49(27)38(60)26(16-28(41)52)46-37(59)30(22(7)50)48-34(56)25(40)15-23-10-12-24(51)13-11-23/h10-13,17-22,25-27,29-30,50-51H,8-9,14-16,40H2,1-7H3,(H2,41,52)(H,42,53)(H,43,57)(H,44,58)(H,45,54)(H,46,59)(H,47,55)(H,48,56)(H,61,62)/t18-,19-,20-,21-,22+,25-,26-,27-,29-,30-/m0/s1. The van der Waals surface area contributed by atoms with E-state index in [2.05, 4.69) is 37.2 Å². The quantitative estimate of drug-likeness (QED) is 0.0525. The number of aliphatic hydroxyl groups is 1. The van der Waals surface area contributed by atoms with Gasteiger partial charge in [-0.2, -0.15) is 0 Å². The second-order valence-electron chi connectivity index (χ2n) is 15.6. The summed E-state index contributed by atoms with van der Waals surface area (Å²) in [7, 11) is 0. The van der Waals surface area contributed by atoms with Crippen molar-refractivity contribution in [2.24, 2.45) is 17.4 Å². The number of amides is 9. The van der Waals surface area contributed by atoms with Crippen LogP contribution in [0.25, 0.3) is 0 Å². The van der Waals surface area contributed by atoms with E-state index in [1.54, 1.807) is 26.0 Å². The third kappa shape index (κ3) is 15.6. The van der Waals surface area contributed by atoms with Gasteiger partial charge in [-0.15, -0.1) is 0 Å². The highest BCUT2D eigenvalue weighted by Crippen LogP contribution is 2.20. The number of carboxylic acid groups (broad SMARTS) is 1. The molecule has 9 amide bonds. The molecule has 10 atom stereocenters. The first kappa shape index (κ1) is 51.8. The summed E-state index contributed by atoms with van der Waals surface area (Å²) in [5.74, 6) is -9.45. The summed E-state index contributed by atoms with van der Waals surface area (Å²) in [5, 5.41) is 45.6. The van der Waals surface area contributed by atoms with Gasteiger partial charge in [0.2, 0.25) is 53.2 Å². The van der Waals surface area contributed by atoms with Gasteiger partial charge in [0, 0.05) is 6.54 Å². The first-order valence-electron chi connectivity index (χ1n) is 20.0. The van der Waals surface area contributed by atoms with Gasteiger partial charge in [-0.3, -0.25) is 47.9 Å². The van der Waals surface area contributed by atoms with Crippen molar-refractivity contribution in [3.8, 4) is 5.75 Å². The van der Waals surface area contributed by atoms with Gasteiger partial charge in [0.05, 0.1) is 18.6 Å². The molecule has 0 unspecified atom stereocenters. The number of primary amides is 1. The van der Waals surface area contributed by atoms with Crippen molar-refractivity contribution in [3.05, 3.63) is 29.8 Å². The van der Waals surface area contributed by atoms with Crippen LogP contribution in [0, 0.1) is 5.92 Å². The monoisotopic (exact) mass is 876 g/mol. The number of hydrogen-bond acceptors (Lipinski definition) is 13. The fraction of sp³-hybridized carbons (Fsp3) is 0.590. The summed E-state index contributed by atoms with van der Waals surface area (Å²) >= 11 is 0. The molecule has 1 heterocycles. The minimum Gasteiger partial charge on any atom is -0.508 e. The molecule has 0 saturated carbocycles. The number of carbonyl (C=O) groups is 10. The van der Waals surface area contributed by atoms with Crippen LogP contribution in [-0.2, 0) is 54.4 Å². The van der Waals surface area contributed by atoms with Gasteiger partial charge in [-0.05, 0) is 77.5 Å². The molecule has 344 valence electrons. The number of likely N-dealkylation sites (tertiary alicyclic amines) is 1. The number of rotatable bonds is 22. The summed E-state index contributed by atoms with van der Waals surface area (Å²) in [6.45, 7) is 9.66. The number of benzene rings is 1. The van der Waals surface area contributed by atoms with E-state index in [9.17, 15) is 58.2 Å². The summed E-state index contributed by atoms with van der Waals surface area (Å²) in [4.78, 5) is 129. The van der Waals surface area contributed by atoms with Crippen molar-refractivity contribution in [1.82, 2.24) is 42.1 Å². The van der Waals surface area contributed by atoms with Gasteiger partial charge in [-0.1, -0.05) is 26.0 Å². The van der Waals surface area contributed by atoms with E-state index in [-0.39, 0.29) is 25.1 Å². The van der Waals surface area contributed by atoms with Crippen LogP contribution < -0.4 is 48.7 Å². The molecule has 1 aliphatic heterocycles. The van der Waals surface area contributed by atoms with Gasteiger partial charge < -0.3 is 68.9 Å². The van der Waals surface area contributed by atoms with Crippen molar-refractivity contribution in [3.63, 3.8) is 0 Å². The number of phenols is 1. The molecule has 2 rings (SSSR count). The molecule has 23 heteroatoms. The molecule has 0 bridgehead atoms. The predicted molar refractivity (Wildman–Crippen MR) is 219 cm³/mol. The largest absolute Gasteiger partial charge is 0.508 e. The number of carboxylic acids is 1. The lowest BCUT2D eigenvalue weighted by Crippen LogP contribution is -2.61. The molecule has 1 aromatic rings. The third-order valence-electron chi connectivity index (χ3n) is 9.88. The number of nitrogens with zero attached hydrogens (tertiary/aromatic N) is 1. The van der Waals surface area contributed by atoms with Crippen LogP contribution in [0.3, 0.4) is 0 Å². The summed E-state index contributed by atoms with van der Waals surface area (Å²) in [6.07, 6.45) is -1.76. The Kier molecular flexibility index (Phi) is 19.7. The smallest absolute Gasteiger partial charge is 0.325 e. The van der Waals surface area contributed by atoms with Gasteiger partial charge in [0.15, 0.2) is 0 Å². The first-order valence-corrected chi connectivity index (χ1v) is 20.0. The van der Waals surface area contributed by atoms with Crippen molar-refractivity contribution >= 4 is 59.1 Å². The second kappa shape index (κ2) is 23.6. The summed E-state index contributed by atoms with van der Waals surface area (Å²) in [5.41, 5.74) is 12.0. The van der Waals surface area contributed by atoms with Crippen LogP contribution in [0.1, 0.15) is 73.3 Å². The number of aliphatic carboxylic acids is 1. The Hall–Kier alpha value is -6.36. The highest BCUT2D eigenvalue weighted by atomic mass is 16.4. The Labute approximate surface area is 358 Å². The predicted octanol–water partition coefficient (Wildman–Crippen LogP) is -4.28. The maximum atomic E-state index is 13.8. The normalized spacial score (nSPS) is 17.9. The summed E-state index contributed by atoms with van der Waals surface area (Å²) < 4.78 is 0. The number of hydrogen-bond donors (Lipinski definition) is 12. The molecular formula is C39H60N10O13. The second-order valence-corrected chi connectivity index (χ2v) is 15.6. The molecule has 62 heavy (non-hydrogen) atoms. The highest BCUT2D eigenvalue weighted by Gasteiger charge is 2.40. The Morgan fingerprint density at radius 1 is 0.677 bits per heavy atom. The number of carbonyl (C=O) groups excluding carboxylic acids is 9. The van der Waals surface area contributed by atoms with Gasteiger partial charge in [-0.25, -0.2) is 0 Å². The zero-order valence-corrected chi connectivity index (χ0v) is 35.7. The SMILES string of the molecule is CC(C)[C@H](NC(=O)[C@H](C)NC(=O)[C@@H]1CCCN1C(=O)[C@H](CC(N)=O)NC(=O)[C@@H](NC(=O)[C@@H](N)Cc1ccc(O)cc1)[C@@H](C)O)C(=O)N[C@@H](C)C(=O)N[C@@H](C)C(=O)N[C@@H](C)C(=O)O. The number of nitrogens with one attached hydrogen (secondary N) is 7. The molecule has 23 nitrogen and oxygen atoms in total. The fourth-order valence-corrected chi connectivity index (χ4v) is 6.17. The molecule has 1 fully saturated rings. The molecule has 0 spiro atoms. The zero-order chi connectivity index (χ0) is 47.2. The van der Waals surface area contributed by atoms with E-state index in [1.807, 2.05) is 0 Å². The molecule has 1 aromatic carbocycles. The van der Waals surface area contributed by atoms with Crippen LogP contribution in [0.5, 0.6) is 5.75 Å². The molecule has 0 aliphatic carbocycles. The summed E-state index contributed by atoms with van der Waals surface area (Å²) in [6, 6.07) is -5.76. The molecule has 1 aliphatic rings. The fourth-order valence-electron chi connectivity index (χ4n) is 6.17. The maximum Gasteiger partial charge on any atom is 0.325 e. The minimum atomic E-state index is -1.64. The van der Waals surface area contributed by atoms with E-state index >= 15 is 0 Å². The number of aromatic hydroxyl groups is 1. The van der Waals surface area contributed by atoms with Crippen LogP contribution >= 0.6 is 0 Å². The van der Waals surface area contributed by atoms with Crippen molar-refractivity contribution in [2.45, 2.75) is 135 Å². The lowest BCUT2D eigenvalue weighted by atomic mass is 10.0. The highest BCUT2D eigenvalue weighted by molar-refractivity contribution is 5.99. The molecule has 0 aromatic heterocycles. The van der Waals surface area contributed by atoms with E-state index in [0.29, 0.717) is 12.0 Å². The van der Waals surface area contributed by atoms with E-state index in [4.69, 9.17) is 16.6 Å². The average Bonchev–Trinajstić information content (AvgIpc) is 3.68. The van der Waals surface area contributed by atoms with Crippen molar-refractivity contribution < 1.29 is 63.3 Å². The number of nitrogens with two attached hydrogens (primary N) is 2. The zero-order valence-electron chi connectivity index (χ0n) is 35.7. The molecular weight excluding hydrogens is 816 g/mol. The Balaban J connectivity index is 2.08. The first-order chi connectivity index (χ1) is 28.8. The van der Waals surface area contributed by atoms with Crippen LogP contribution in [0.4, 0.5) is 0 Å². The van der Waals surface area contributed by atoms with E-state index in [0.717, 1.165) is 4.90 Å². The van der Waals surface area contributed by atoms with E-state index in [1.165, 1.54) is 46.8 Å². The molecule has 0 radical (unpaired) electrons. The van der Waals surface area contributed by atoms with Crippen molar-refractivity contribution in [1.29, 1.82) is 0 Å². The molecule has 1 saturated heterocycles. The van der Waals surface area contributed by atoms with Crippen LogP contribution in [0.15, 0.2) is 24.3 Å². The number of phenolic OH excluding ortho intramolecular Hbond substituents is 1. The van der Waals surface area contributed by atoms with Gasteiger partial charge in [0.1, 0.15) is 54.1 Å². The lowest BCUT2D eigenvalue weighted by molar-refractivity contribution is -0.143. The molecule has 14 N–H and O–H groups in total. The van der Waals surface area contributed by atoms with Crippen LogP contribution in [-0.4, -0.2) is 146 Å². The van der Waals surface area contributed by atoms with Gasteiger partial charge >= 0.3 is 5.97 Å². The third-order valence-corrected chi connectivity index (χ3v) is 9.88. The minimum absolute atomic E-state index is 0.00239. The average molecular weight is 877 g/mol. The topological polar surface area (TPSA) is 371 Å².